The first-order valence-electron chi connectivity index (χ1n) is 10.7. The molecule has 0 fully saturated rings. The zero-order chi connectivity index (χ0) is 24.9. The highest BCUT2D eigenvalue weighted by Crippen LogP contribution is 2.35. The van der Waals surface area contributed by atoms with Gasteiger partial charge in [-0.25, -0.2) is 0 Å². The number of amides is 1. The van der Waals surface area contributed by atoms with Crippen LogP contribution in [-0.4, -0.2) is 21.0 Å². The highest BCUT2D eigenvalue weighted by atomic mass is 32.1. The first-order valence-corrected chi connectivity index (χ1v) is 11.1. The molecule has 0 saturated heterocycles. The van der Waals surface area contributed by atoms with E-state index in [0.717, 1.165) is 21.9 Å². The van der Waals surface area contributed by atoms with Crippen LogP contribution < -0.4 is 16.2 Å². The van der Waals surface area contributed by atoms with E-state index in [-0.39, 0.29) is 22.1 Å². The molecule has 0 aromatic heterocycles. The third-order valence-electron chi connectivity index (χ3n) is 5.55. The third-order valence-corrected chi connectivity index (χ3v) is 5.77. The Morgan fingerprint density at radius 3 is 2.31 bits per heavy atom. The highest BCUT2D eigenvalue weighted by molar-refractivity contribution is 7.80. The number of rotatable bonds is 5. The molecule has 8 nitrogen and oxygen atoms in total. The number of phenols is 1. The van der Waals surface area contributed by atoms with Crippen LogP contribution in [0.1, 0.15) is 33.1 Å². The smallest absolute Gasteiger partial charge is 0.269 e. The van der Waals surface area contributed by atoms with Crippen molar-refractivity contribution < 1.29 is 14.8 Å². The summed E-state index contributed by atoms with van der Waals surface area (Å²) in [5.41, 5.74) is 7.89. The molecular formula is C26H22N4O4S. The number of fused-ring (bicyclic) bond motifs is 1. The molecule has 176 valence electrons. The van der Waals surface area contributed by atoms with E-state index in [1.165, 1.54) is 24.3 Å². The Morgan fingerprint density at radius 2 is 1.63 bits per heavy atom. The summed E-state index contributed by atoms with van der Waals surface area (Å²) in [4.78, 5) is 22.7. The van der Waals surface area contributed by atoms with Crippen molar-refractivity contribution in [2.45, 2.75) is 13.0 Å². The SMILES string of the molecule is Cc1ccc(C(NC(=S)NNC(=O)c2ccc([N+](=O)[O-])cc2)c2c(O)ccc3ccccc23)cc1. The minimum atomic E-state index is -0.535. The Morgan fingerprint density at radius 1 is 0.943 bits per heavy atom. The molecule has 0 aliphatic carbocycles. The molecule has 0 radical (unpaired) electrons. The van der Waals surface area contributed by atoms with Crippen molar-refractivity contribution in [2.75, 3.05) is 0 Å². The fourth-order valence-corrected chi connectivity index (χ4v) is 3.92. The number of non-ortho nitro benzene ring substituents is 1. The molecule has 35 heavy (non-hydrogen) atoms. The lowest BCUT2D eigenvalue weighted by Crippen LogP contribution is -2.47. The van der Waals surface area contributed by atoms with Crippen molar-refractivity contribution in [2.24, 2.45) is 0 Å². The van der Waals surface area contributed by atoms with E-state index in [4.69, 9.17) is 12.2 Å². The Balaban J connectivity index is 1.57. The van der Waals surface area contributed by atoms with Crippen molar-refractivity contribution in [3.05, 3.63) is 117 Å². The molecular weight excluding hydrogens is 464 g/mol. The molecule has 0 spiro atoms. The van der Waals surface area contributed by atoms with Crippen molar-refractivity contribution in [1.82, 2.24) is 16.2 Å². The number of aromatic hydroxyl groups is 1. The zero-order valence-corrected chi connectivity index (χ0v) is 19.5. The molecule has 0 aliphatic heterocycles. The largest absolute Gasteiger partial charge is 0.508 e. The number of hydrogen-bond donors (Lipinski definition) is 4. The molecule has 4 rings (SSSR count). The van der Waals surface area contributed by atoms with Gasteiger partial charge < -0.3 is 10.4 Å². The summed E-state index contributed by atoms with van der Waals surface area (Å²) in [5.74, 6) is -0.400. The normalized spacial score (nSPS) is 11.5. The summed E-state index contributed by atoms with van der Waals surface area (Å²) >= 11 is 5.44. The fourth-order valence-electron chi connectivity index (χ4n) is 3.76. The van der Waals surface area contributed by atoms with Crippen LogP contribution in [0.2, 0.25) is 0 Å². The highest BCUT2D eigenvalue weighted by Gasteiger charge is 2.22. The van der Waals surface area contributed by atoms with Gasteiger partial charge >= 0.3 is 0 Å². The van der Waals surface area contributed by atoms with Gasteiger partial charge in [0.15, 0.2) is 5.11 Å². The average molecular weight is 487 g/mol. The van der Waals surface area contributed by atoms with E-state index < -0.39 is 16.9 Å². The summed E-state index contributed by atoms with van der Waals surface area (Å²) < 4.78 is 0. The standard InChI is InChI=1S/C26H22N4O4S/c1-16-6-8-18(9-7-16)24(23-21-5-3-2-4-17(21)12-15-22(23)31)27-26(35)29-28-25(32)19-10-13-20(14-11-19)30(33)34/h2-15,24,31H,1H3,(H,28,32)(H2,27,29,35). The van der Waals surface area contributed by atoms with Crippen LogP contribution >= 0.6 is 12.2 Å². The Hall–Kier alpha value is -4.50. The monoisotopic (exact) mass is 486 g/mol. The van der Waals surface area contributed by atoms with Gasteiger partial charge in [-0.05, 0) is 53.7 Å². The molecule has 0 bridgehead atoms. The molecule has 1 atom stereocenters. The van der Waals surface area contributed by atoms with Gasteiger partial charge in [-0.1, -0.05) is 60.2 Å². The first kappa shape index (κ1) is 23.7. The van der Waals surface area contributed by atoms with Crippen LogP contribution in [0, 0.1) is 17.0 Å². The number of nitrogens with one attached hydrogen (secondary N) is 3. The van der Waals surface area contributed by atoms with Gasteiger partial charge in [0, 0.05) is 23.3 Å². The minimum Gasteiger partial charge on any atom is -0.508 e. The first-order chi connectivity index (χ1) is 16.8. The number of carbonyl (C=O) groups is 1. The van der Waals surface area contributed by atoms with E-state index in [1.807, 2.05) is 61.5 Å². The van der Waals surface area contributed by atoms with Crippen LogP contribution in [0.4, 0.5) is 5.69 Å². The Labute approximate surface area is 206 Å². The van der Waals surface area contributed by atoms with Crippen LogP contribution in [0.3, 0.4) is 0 Å². The number of hydrogen-bond acceptors (Lipinski definition) is 5. The van der Waals surface area contributed by atoms with Gasteiger partial charge in [0.05, 0.1) is 11.0 Å². The van der Waals surface area contributed by atoms with Gasteiger partial charge in [-0.3, -0.25) is 25.8 Å². The number of nitro groups is 1. The van der Waals surface area contributed by atoms with Gasteiger partial charge in [-0.15, -0.1) is 0 Å². The number of nitrogens with zero attached hydrogens (tertiary/aromatic N) is 1. The molecule has 4 aromatic rings. The summed E-state index contributed by atoms with van der Waals surface area (Å²) in [7, 11) is 0. The average Bonchev–Trinajstić information content (AvgIpc) is 2.87. The Kier molecular flexibility index (Phi) is 6.88. The number of hydrazine groups is 1. The van der Waals surface area contributed by atoms with Crippen LogP contribution in [0.15, 0.2) is 84.9 Å². The maximum atomic E-state index is 12.5. The van der Waals surface area contributed by atoms with Gasteiger partial charge in [0.25, 0.3) is 11.6 Å². The number of aryl methyl sites for hydroxylation is 1. The van der Waals surface area contributed by atoms with Crippen LogP contribution in [0.5, 0.6) is 5.75 Å². The molecule has 0 heterocycles. The number of carbonyl (C=O) groups excluding carboxylic acids is 1. The molecule has 1 unspecified atom stereocenters. The van der Waals surface area contributed by atoms with Gasteiger partial charge in [0.2, 0.25) is 0 Å². The lowest BCUT2D eigenvalue weighted by atomic mass is 9.92. The molecule has 4 N–H and O–H groups in total. The van der Waals surface area contributed by atoms with Crippen molar-refractivity contribution in [3.8, 4) is 5.75 Å². The third kappa shape index (κ3) is 5.36. The van der Waals surface area contributed by atoms with Crippen LogP contribution in [-0.2, 0) is 0 Å². The minimum absolute atomic E-state index is 0.109. The van der Waals surface area contributed by atoms with Crippen LogP contribution in [0.25, 0.3) is 10.8 Å². The maximum absolute atomic E-state index is 12.5. The molecule has 1 amide bonds. The summed E-state index contributed by atoms with van der Waals surface area (Å²) in [5, 5.41) is 26.8. The molecule has 4 aromatic carbocycles. The predicted molar refractivity (Wildman–Crippen MR) is 138 cm³/mol. The number of phenolic OH excluding ortho intramolecular Hbond substituents is 1. The lowest BCUT2D eigenvalue weighted by Gasteiger charge is -2.24. The predicted octanol–water partition coefficient (Wildman–Crippen LogP) is 4.66. The number of thiocarbonyl (C=S) groups is 1. The van der Waals surface area contributed by atoms with E-state index >= 15 is 0 Å². The van der Waals surface area contributed by atoms with E-state index in [2.05, 4.69) is 16.2 Å². The second kappa shape index (κ2) is 10.2. The summed E-state index contributed by atoms with van der Waals surface area (Å²) in [6, 6.07) is 23.8. The summed E-state index contributed by atoms with van der Waals surface area (Å²) in [6.07, 6.45) is 0. The number of benzene rings is 4. The van der Waals surface area contributed by atoms with Crippen molar-refractivity contribution in [1.29, 1.82) is 0 Å². The van der Waals surface area contributed by atoms with Crippen molar-refractivity contribution >= 4 is 39.7 Å². The molecule has 0 saturated carbocycles. The topological polar surface area (TPSA) is 117 Å². The quantitative estimate of drug-likeness (QED) is 0.184. The summed E-state index contributed by atoms with van der Waals surface area (Å²) in [6.45, 7) is 1.99. The number of nitro benzene ring substituents is 1. The van der Waals surface area contributed by atoms with E-state index in [9.17, 15) is 20.0 Å². The van der Waals surface area contributed by atoms with Gasteiger partial charge in [-0.2, -0.15) is 0 Å². The van der Waals surface area contributed by atoms with E-state index in [1.54, 1.807) is 6.07 Å². The molecule has 9 heteroatoms. The lowest BCUT2D eigenvalue weighted by molar-refractivity contribution is -0.384. The molecule has 0 aliphatic rings. The Bertz CT molecular complexity index is 1410. The van der Waals surface area contributed by atoms with E-state index in [0.29, 0.717) is 5.56 Å². The van der Waals surface area contributed by atoms with Gasteiger partial charge in [0.1, 0.15) is 5.75 Å². The second-order valence-electron chi connectivity index (χ2n) is 7.92. The van der Waals surface area contributed by atoms with Crippen molar-refractivity contribution in [3.63, 3.8) is 0 Å². The second-order valence-corrected chi connectivity index (χ2v) is 8.33. The maximum Gasteiger partial charge on any atom is 0.269 e. The fraction of sp³-hybridized carbons (Fsp3) is 0.0769. The zero-order valence-electron chi connectivity index (χ0n) is 18.7.